The number of likely N-dealkylation sites (N-methyl/N-ethyl adjacent to an activating group) is 1. The van der Waals surface area contributed by atoms with Crippen LogP contribution in [0.4, 0.5) is 0 Å². The molecule has 0 bridgehead atoms. The van der Waals surface area contributed by atoms with Gasteiger partial charge in [-0.2, -0.15) is 11.8 Å². The van der Waals surface area contributed by atoms with Gasteiger partial charge in [-0.1, -0.05) is 19.1 Å². The van der Waals surface area contributed by atoms with Crippen LogP contribution >= 0.6 is 11.8 Å². The van der Waals surface area contributed by atoms with Crippen molar-refractivity contribution < 1.29 is 9.47 Å². The van der Waals surface area contributed by atoms with E-state index in [-0.39, 0.29) is 18.2 Å². The lowest BCUT2D eigenvalue weighted by Crippen LogP contribution is -2.38. The molecule has 2 unspecified atom stereocenters. The van der Waals surface area contributed by atoms with Gasteiger partial charge >= 0.3 is 0 Å². The number of hydrogen-bond donors (Lipinski definition) is 1. The summed E-state index contributed by atoms with van der Waals surface area (Å²) in [5, 5.41) is 3.55. The van der Waals surface area contributed by atoms with Gasteiger partial charge in [0.2, 0.25) is 0 Å². The van der Waals surface area contributed by atoms with E-state index in [1.807, 2.05) is 25.6 Å². The Hall–Kier alpha value is -0.710. The molecule has 0 aliphatic carbocycles. The average molecular weight is 295 g/mol. The van der Waals surface area contributed by atoms with Gasteiger partial charge in [-0.15, -0.1) is 0 Å². The average Bonchev–Trinajstić information content (AvgIpc) is 2.46. The van der Waals surface area contributed by atoms with Crippen LogP contribution in [0.1, 0.15) is 32.4 Å². The van der Waals surface area contributed by atoms with Crippen LogP contribution in [-0.4, -0.2) is 36.9 Å². The molecule has 3 nitrogen and oxygen atoms in total. The van der Waals surface area contributed by atoms with Gasteiger partial charge in [0.15, 0.2) is 0 Å². The highest BCUT2D eigenvalue weighted by Crippen LogP contribution is 2.27. The van der Waals surface area contributed by atoms with Gasteiger partial charge in [-0.25, -0.2) is 0 Å². The van der Waals surface area contributed by atoms with E-state index >= 15 is 0 Å². The van der Waals surface area contributed by atoms with Crippen LogP contribution in [0.25, 0.3) is 0 Å². The molecule has 1 aliphatic heterocycles. The van der Waals surface area contributed by atoms with Crippen molar-refractivity contribution in [1.82, 2.24) is 5.32 Å². The minimum atomic E-state index is 0.212. The van der Waals surface area contributed by atoms with Crippen LogP contribution in [-0.2, 0) is 4.74 Å². The highest BCUT2D eigenvalue weighted by molar-refractivity contribution is 7.99. The SMILES string of the molecule is CCNC(c1ccc(OC(C)C)cc1)C1CSCCO1. The predicted molar refractivity (Wildman–Crippen MR) is 85.7 cm³/mol. The van der Waals surface area contributed by atoms with Crippen LogP contribution in [0.5, 0.6) is 5.75 Å². The molecule has 0 aromatic heterocycles. The maximum absolute atomic E-state index is 5.93. The summed E-state index contributed by atoms with van der Waals surface area (Å²) >= 11 is 1.97. The zero-order chi connectivity index (χ0) is 14.4. The van der Waals surface area contributed by atoms with Crippen LogP contribution in [0, 0.1) is 0 Å². The topological polar surface area (TPSA) is 30.5 Å². The second-order valence-corrected chi connectivity index (χ2v) is 6.40. The molecule has 1 heterocycles. The van der Waals surface area contributed by atoms with Crippen molar-refractivity contribution in [1.29, 1.82) is 0 Å². The first kappa shape index (κ1) is 15.7. The van der Waals surface area contributed by atoms with Crippen molar-refractivity contribution >= 4 is 11.8 Å². The standard InChI is InChI=1S/C16H25NO2S/c1-4-17-16(15-11-20-10-9-18-15)13-5-7-14(8-6-13)19-12(2)3/h5-8,12,15-17H,4,9-11H2,1-3H3. The van der Waals surface area contributed by atoms with E-state index in [0.29, 0.717) is 0 Å². The third kappa shape index (κ3) is 4.40. The minimum Gasteiger partial charge on any atom is -0.491 e. The number of hydrogen-bond acceptors (Lipinski definition) is 4. The Morgan fingerprint density at radius 2 is 2.10 bits per heavy atom. The largest absolute Gasteiger partial charge is 0.491 e. The van der Waals surface area contributed by atoms with Gasteiger partial charge in [-0.3, -0.25) is 0 Å². The van der Waals surface area contributed by atoms with E-state index in [1.54, 1.807) is 0 Å². The molecule has 1 N–H and O–H groups in total. The second kappa shape index (κ2) is 7.91. The van der Waals surface area contributed by atoms with E-state index < -0.39 is 0 Å². The first-order chi connectivity index (χ1) is 9.70. The quantitative estimate of drug-likeness (QED) is 0.872. The summed E-state index contributed by atoms with van der Waals surface area (Å²) in [6.07, 6.45) is 0.467. The smallest absolute Gasteiger partial charge is 0.119 e. The van der Waals surface area contributed by atoms with Gasteiger partial charge in [-0.05, 0) is 38.1 Å². The van der Waals surface area contributed by atoms with Crippen LogP contribution in [0.15, 0.2) is 24.3 Å². The van der Waals surface area contributed by atoms with E-state index in [4.69, 9.17) is 9.47 Å². The lowest BCUT2D eigenvalue weighted by molar-refractivity contribution is 0.0472. The third-order valence-corrected chi connectivity index (χ3v) is 4.27. The molecule has 20 heavy (non-hydrogen) atoms. The summed E-state index contributed by atoms with van der Waals surface area (Å²) in [5.41, 5.74) is 1.27. The van der Waals surface area contributed by atoms with Crippen LogP contribution in [0.2, 0.25) is 0 Å². The van der Waals surface area contributed by atoms with Crippen molar-refractivity contribution in [3.8, 4) is 5.75 Å². The first-order valence-electron chi connectivity index (χ1n) is 7.40. The molecule has 0 radical (unpaired) electrons. The lowest BCUT2D eigenvalue weighted by Gasteiger charge is -2.31. The van der Waals surface area contributed by atoms with Gasteiger partial charge in [0.05, 0.1) is 24.9 Å². The molecule has 1 aliphatic rings. The van der Waals surface area contributed by atoms with Gasteiger partial charge in [0.1, 0.15) is 5.75 Å². The van der Waals surface area contributed by atoms with Gasteiger partial charge in [0, 0.05) is 11.5 Å². The molecule has 1 fully saturated rings. The molecule has 112 valence electrons. The normalized spacial score (nSPS) is 20.9. The Balaban J connectivity index is 2.07. The molecule has 2 rings (SSSR count). The molecule has 2 atom stereocenters. The second-order valence-electron chi connectivity index (χ2n) is 5.26. The fraction of sp³-hybridized carbons (Fsp3) is 0.625. The number of rotatable bonds is 6. The van der Waals surface area contributed by atoms with Gasteiger partial charge < -0.3 is 14.8 Å². The number of nitrogens with one attached hydrogen (secondary N) is 1. The maximum atomic E-state index is 5.93. The Kier molecular flexibility index (Phi) is 6.20. The molecular weight excluding hydrogens is 270 g/mol. The Morgan fingerprint density at radius 3 is 2.65 bits per heavy atom. The molecule has 0 spiro atoms. The summed E-state index contributed by atoms with van der Waals surface area (Å²) in [6, 6.07) is 8.66. The van der Waals surface area contributed by atoms with Crippen LogP contribution < -0.4 is 10.1 Å². The fourth-order valence-corrected chi connectivity index (χ4v) is 3.31. The molecule has 0 amide bonds. The molecule has 1 saturated heterocycles. The maximum Gasteiger partial charge on any atom is 0.119 e. The highest BCUT2D eigenvalue weighted by Gasteiger charge is 2.25. The number of thioether (sulfide) groups is 1. The Labute approximate surface area is 126 Å². The first-order valence-corrected chi connectivity index (χ1v) is 8.55. The van der Waals surface area contributed by atoms with E-state index in [1.165, 1.54) is 5.56 Å². The zero-order valence-electron chi connectivity index (χ0n) is 12.6. The fourth-order valence-electron chi connectivity index (χ4n) is 2.41. The summed E-state index contributed by atoms with van der Waals surface area (Å²) in [7, 11) is 0. The van der Waals surface area contributed by atoms with Crippen molar-refractivity contribution in [2.45, 2.75) is 39.0 Å². The van der Waals surface area contributed by atoms with E-state index in [2.05, 4.69) is 36.5 Å². The van der Waals surface area contributed by atoms with Crippen molar-refractivity contribution in [3.63, 3.8) is 0 Å². The van der Waals surface area contributed by atoms with Gasteiger partial charge in [0.25, 0.3) is 0 Å². The van der Waals surface area contributed by atoms with Crippen molar-refractivity contribution in [2.24, 2.45) is 0 Å². The molecular formula is C16H25NO2S. The summed E-state index contributed by atoms with van der Waals surface area (Å²) in [5.74, 6) is 3.09. The minimum absolute atomic E-state index is 0.212. The molecule has 4 heteroatoms. The zero-order valence-corrected chi connectivity index (χ0v) is 13.4. The summed E-state index contributed by atoms with van der Waals surface area (Å²) in [6.45, 7) is 8.02. The monoisotopic (exact) mass is 295 g/mol. The third-order valence-electron chi connectivity index (χ3n) is 3.25. The van der Waals surface area contributed by atoms with Crippen molar-refractivity contribution in [3.05, 3.63) is 29.8 Å². The lowest BCUT2D eigenvalue weighted by atomic mass is 10.0. The highest BCUT2D eigenvalue weighted by atomic mass is 32.2. The predicted octanol–water partition coefficient (Wildman–Crippen LogP) is 3.26. The molecule has 1 aromatic carbocycles. The molecule has 1 aromatic rings. The Morgan fingerprint density at radius 1 is 1.35 bits per heavy atom. The van der Waals surface area contributed by atoms with E-state index in [9.17, 15) is 0 Å². The summed E-state index contributed by atoms with van der Waals surface area (Å²) < 4.78 is 11.6. The number of ether oxygens (including phenoxy) is 2. The Bertz CT molecular complexity index is 388. The number of benzene rings is 1. The van der Waals surface area contributed by atoms with Crippen molar-refractivity contribution in [2.75, 3.05) is 24.7 Å². The van der Waals surface area contributed by atoms with E-state index in [0.717, 1.165) is 30.4 Å². The summed E-state index contributed by atoms with van der Waals surface area (Å²) in [4.78, 5) is 0. The van der Waals surface area contributed by atoms with Crippen LogP contribution in [0.3, 0.4) is 0 Å². The molecule has 0 saturated carbocycles.